The van der Waals surface area contributed by atoms with E-state index in [0.717, 1.165) is 10.9 Å². The fourth-order valence-electron chi connectivity index (χ4n) is 1.89. The maximum atomic E-state index is 12.1. The number of ether oxygens (including phenoxy) is 1. The Labute approximate surface area is 131 Å². The molecule has 3 rings (SSSR count). The number of rotatable bonds is 2. The highest BCUT2D eigenvalue weighted by atomic mass is 35.5. The molecule has 0 radical (unpaired) electrons. The number of nitrogens with zero attached hydrogens (tertiary/aromatic N) is 1. The van der Waals surface area contributed by atoms with Crippen molar-refractivity contribution in [3.05, 3.63) is 70.3 Å². The summed E-state index contributed by atoms with van der Waals surface area (Å²) in [5, 5.41) is 1.71. The molecular weight excluding hydrogens is 309 g/mol. The van der Waals surface area contributed by atoms with Gasteiger partial charge in [-0.15, -0.1) is 0 Å². The molecule has 3 aromatic rings. The second-order valence-corrected chi connectivity index (χ2v) is 5.20. The summed E-state index contributed by atoms with van der Waals surface area (Å²) in [6.45, 7) is 0. The van der Waals surface area contributed by atoms with E-state index in [9.17, 15) is 4.79 Å². The number of benzene rings is 2. The molecule has 0 saturated carbocycles. The van der Waals surface area contributed by atoms with Crippen molar-refractivity contribution in [1.29, 1.82) is 0 Å². The highest BCUT2D eigenvalue weighted by molar-refractivity contribution is 6.35. The first-order valence-electron chi connectivity index (χ1n) is 6.16. The summed E-state index contributed by atoms with van der Waals surface area (Å²) in [7, 11) is 0. The zero-order valence-electron chi connectivity index (χ0n) is 10.7. The Morgan fingerprint density at radius 3 is 2.62 bits per heavy atom. The number of fused-ring (bicyclic) bond motifs is 1. The Morgan fingerprint density at radius 1 is 1.00 bits per heavy atom. The van der Waals surface area contributed by atoms with E-state index in [1.54, 1.807) is 18.2 Å². The molecule has 0 amide bonds. The average Bonchev–Trinajstić information content (AvgIpc) is 2.49. The first-order valence-corrected chi connectivity index (χ1v) is 6.92. The summed E-state index contributed by atoms with van der Waals surface area (Å²) < 4.78 is 5.24. The summed E-state index contributed by atoms with van der Waals surface area (Å²) in [6.07, 6.45) is 0. The van der Waals surface area contributed by atoms with Gasteiger partial charge in [-0.1, -0.05) is 47.5 Å². The summed E-state index contributed by atoms with van der Waals surface area (Å²) in [4.78, 5) is 16.4. The minimum atomic E-state index is -0.565. The molecule has 0 aliphatic heterocycles. The molecule has 0 N–H and O–H groups in total. The van der Waals surface area contributed by atoms with Gasteiger partial charge in [0, 0.05) is 10.4 Å². The van der Waals surface area contributed by atoms with Crippen LogP contribution in [-0.4, -0.2) is 11.0 Å². The Balaban J connectivity index is 1.89. The summed E-state index contributed by atoms with van der Waals surface area (Å²) in [6, 6.07) is 15.6. The molecule has 0 spiro atoms. The quantitative estimate of drug-likeness (QED) is 0.505. The third-order valence-corrected chi connectivity index (χ3v) is 3.43. The molecule has 3 nitrogen and oxygen atoms in total. The Kier molecular flexibility index (Phi) is 3.78. The van der Waals surface area contributed by atoms with Crippen molar-refractivity contribution >= 4 is 40.1 Å². The van der Waals surface area contributed by atoms with E-state index in [2.05, 4.69) is 4.98 Å². The van der Waals surface area contributed by atoms with Gasteiger partial charge in [0.05, 0.1) is 10.5 Å². The van der Waals surface area contributed by atoms with Crippen molar-refractivity contribution in [2.45, 2.75) is 0 Å². The van der Waals surface area contributed by atoms with Crippen LogP contribution in [0.4, 0.5) is 0 Å². The van der Waals surface area contributed by atoms with E-state index < -0.39 is 5.97 Å². The van der Waals surface area contributed by atoms with Gasteiger partial charge in [-0.25, -0.2) is 9.78 Å². The number of carbonyl (C=O) groups excluding carboxylic acids is 1. The minimum absolute atomic E-state index is 0.222. The molecule has 1 aromatic heterocycles. The third-order valence-electron chi connectivity index (χ3n) is 2.90. The van der Waals surface area contributed by atoms with Crippen LogP contribution in [-0.2, 0) is 0 Å². The number of halogens is 2. The van der Waals surface area contributed by atoms with E-state index >= 15 is 0 Å². The second kappa shape index (κ2) is 5.72. The first kappa shape index (κ1) is 13.9. The largest absolute Gasteiger partial charge is 0.420 e. The lowest BCUT2D eigenvalue weighted by Gasteiger charge is -2.06. The number of hydrogen-bond donors (Lipinski definition) is 0. The van der Waals surface area contributed by atoms with Gasteiger partial charge in [0.2, 0.25) is 0 Å². The molecule has 2 aromatic carbocycles. The van der Waals surface area contributed by atoms with Gasteiger partial charge in [-0.3, -0.25) is 0 Å². The van der Waals surface area contributed by atoms with Gasteiger partial charge in [0.1, 0.15) is 11.4 Å². The fraction of sp³-hybridized carbons (Fsp3) is 0. The predicted molar refractivity (Wildman–Crippen MR) is 83.2 cm³/mol. The third kappa shape index (κ3) is 2.99. The average molecular weight is 318 g/mol. The van der Waals surface area contributed by atoms with Crippen molar-refractivity contribution in [3.63, 3.8) is 0 Å². The normalized spacial score (nSPS) is 10.6. The molecule has 0 aliphatic rings. The molecule has 1 heterocycles. The van der Waals surface area contributed by atoms with Crippen LogP contribution >= 0.6 is 23.2 Å². The predicted octanol–water partition coefficient (Wildman–Crippen LogP) is 4.76. The zero-order valence-corrected chi connectivity index (χ0v) is 12.2. The number of pyridine rings is 1. The van der Waals surface area contributed by atoms with E-state index in [4.69, 9.17) is 27.9 Å². The van der Waals surface area contributed by atoms with E-state index in [-0.39, 0.29) is 16.5 Å². The van der Waals surface area contributed by atoms with Crippen molar-refractivity contribution in [2.75, 3.05) is 0 Å². The zero-order chi connectivity index (χ0) is 14.8. The molecule has 0 aliphatic carbocycles. The van der Waals surface area contributed by atoms with Crippen LogP contribution in [0.3, 0.4) is 0 Å². The standard InChI is InChI=1S/C16H9Cl2NO2/c17-11-6-8-15(12(18)9-11)21-16(20)14-7-5-10-3-1-2-4-13(10)19-14/h1-9H. The monoisotopic (exact) mass is 317 g/mol. The molecule has 0 bridgehead atoms. The van der Waals surface area contributed by atoms with Crippen LogP contribution in [0.2, 0.25) is 10.0 Å². The lowest BCUT2D eigenvalue weighted by atomic mass is 10.2. The summed E-state index contributed by atoms with van der Waals surface area (Å²) >= 11 is 11.8. The Morgan fingerprint density at radius 2 is 1.81 bits per heavy atom. The fourth-order valence-corrected chi connectivity index (χ4v) is 2.34. The van der Waals surface area contributed by atoms with Gasteiger partial charge in [-0.05, 0) is 30.3 Å². The number of carbonyl (C=O) groups is 1. The summed E-state index contributed by atoms with van der Waals surface area (Å²) in [5.74, 6) is -0.314. The molecule has 5 heteroatoms. The number of para-hydroxylation sites is 1. The smallest absolute Gasteiger partial charge is 0.362 e. The number of hydrogen-bond acceptors (Lipinski definition) is 3. The SMILES string of the molecule is O=C(Oc1ccc(Cl)cc1Cl)c1ccc2ccccc2n1. The van der Waals surface area contributed by atoms with Crippen molar-refractivity contribution in [3.8, 4) is 5.75 Å². The van der Waals surface area contributed by atoms with Crippen LogP contribution in [0.25, 0.3) is 10.9 Å². The van der Waals surface area contributed by atoms with Crippen LogP contribution in [0.15, 0.2) is 54.6 Å². The van der Waals surface area contributed by atoms with Crippen LogP contribution in [0, 0.1) is 0 Å². The molecule has 0 saturated heterocycles. The van der Waals surface area contributed by atoms with Gasteiger partial charge >= 0.3 is 5.97 Å². The van der Waals surface area contributed by atoms with E-state index in [1.807, 2.05) is 30.3 Å². The van der Waals surface area contributed by atoms with Crippen LogP contribution in [0.5, 0.6) is 5.75 Å². The van der Waals surface area contributed by atoms with Gasteiger partial charge < -0.3 is 4.74 Å². The molecule has 104 valence electrons. The Bertz CT molecular complexity index is 833. The maximum absolute atomic E-state index is 12.1. The van der Waals surface area contributed by atoms with Gasteiger partial charge in [-0.2, -0.15) is 0 Å². The van der Waals surface area contributed by atoms with E-state index in [0.29, 0.717) is 5.02 Å². The molecule has 0 unspecified atom stereocenters. The van der Waals surface area contributed by atoms with Crippen LogP contribution < -0.4 is 4.74 Å². The number of aromatic nitrogens is 1. The van der Waals surface area contributed by atoms with Crippen molar-refractivity contribution < 1.29 is 9.53 Å². The van der Waals surface area contributed by atoms with Crippen molar-refractivity contribution in [2.24, 2.45) is 0 Å². The highest BCUT2D eigenvalue weighted by Crippen LogP contribution is 2.28. The lowest BCUT2D eigenvalue weighted by molar-refractivity contribution is 0.0729. The van der Waals surface area contributed by atoms with E-state index in [1.165, 1.54) is 6.07 Å². The second-order valence-electron chi connectivity index (χ2n) is 4.35. The summed E-state index contributed by atoms with van der Waals surface area (Å²) in [5.41, 5.74) is 0.953. The topological polar surface area (TPSA) is 39.2 Å². The van der Waals surface area contributed by atoms with Crippen LogP contribution in [0.1, 0.15) is 10.5 Å². The minimum Gasteiger partial charge on any atom is -0.420 e. The molecular formula is C16H9Cl2NO2. The van der Waals surface area contributed by atoms with Gasteiger partial charge in [0.15, 0.2) is 0 Å². The first-order chi connectivity index (χ1) is 10.1. The Hall–Kier alpha value is -2.10. The van der Waals surface area contributed by atoms with Gasteiger partial charge in [0.25, 0.3) is 0 Å². The number of esters is 1. The maximum Gasteiger partial charge on any atom is 0.362 e. The molecule has 0 atom stereocenters. The van der Waals surface area contributed by atoms with Crippen molar-refractivity contribution in [1.82, 2.24) is 4.98 Å². The highest BCUT2D eigenvalue weighted by Gasteiger charge is 2.13. The molecule has 0 fully saturated rings. The lowest BCUT2D eigenvalue weighted by Crippen LogP contribution is -2.10. The molecule has 21 heavy (non-hydrogen) atoms.